The molecular weight excluding hydrogens is 232 g/mol. The maximum Gasteiger partial charge on any atom is 0.0704 e. The SMILES string of the molecule is NC1Cc2cnc(-c3ccc(Cl)cc3)cc2C1. The van der Waals surface area contributed by atoms with Crippen molar-refractivity contribution in [1.29, 1.82) is 0 Å². The van der Waals surface area contributed by atoms with Crippen molar-refractivity contribution in [2.75, 3.05) is 0 Å². The number of benzene rings is 1. The van der Waals surface area contributed by atoms with Gasteiger partial charge in [0.15, 0.2) is 0 Å². The van der Waals surface area contributed by atoms with E-state index in [0.29, 0.717) is 0 Å². The Morgan fingerprint density at radius 3 is 2.59 bits per heavy atom. The van der Waals surface area contributed by atoms with Gasteiger partial charge >= 0.3 is 0 Å². The number of aromatic nitrogens is 1. The van der Waals surface area contributed by atoms with Crippen LogP contribution in [0.5, 0.6) is 0 Å². The van der Waals surface area contributed by atoms with Crippen molar-refractivity contribution in [3.63, 3.8) is 0 Å². The molecule has 1 aromatic carbocycles. The summed E-state index contributed by atoms with van der Waals surface area (Å²) in [7, 11) is 0. The van der Waals surface area contributed by atoms with Crippen molar-refractivity contribution in [2.24, 2.45) is 5.73 Å². The summed E-state index contributed by atoms with van der Waals surface area (Å²) in [5, 5.41) is 0.747. The summed E-state index contributed by atoms with van der Waals surface area (Å²) < 4.78 is 0. The quantitative estimate of drug-likeness (QED) is 0.838. The molecule has 0 saturated heterocycles. The molecule has 2 nitrogen and oxygen atoms in total. The van der Waals surface area contributed by atoms with Gasteiger partial charge in [0.05, 0.1) is 5.69 Å². The molecule has 0 amide bonds. The smallest absolute Gasteiger partial charge is 0.0704 e. The van der Waals surface area contributed by atoms with Crippen molar-refractivity contribution in [2.45, 2.75) is 18.9 Å². The van der Waals surface area contributed by atoms with Gasteiger partial charge in [-0.2, -0.15) is 0 Å². The fraction of sp³-hybridized carbons (Fsp3) is 0.214. The average molecular weight is 245 g/mol. The summed E-state index contributed by atoms with van der Waals surface area (Å²) in [5.41, 5.74) is 10.7. The highest BCUT2D eigenvalue weighted by molar-refractivity contribution is 6.30. The van der Waals surface area contributed by atoms with Crippen LogP contribution in [0, 0.1) is 0 Å². The first kappa shape index (κ1) is 10.8. The summed E-state index contributed by atoms with van der Waals surface area (Å²) in [4.78, 5) is 4.49. The summed E-state index contributed by atoms with van der Waals surface area (Å²) in [6.07, 6.45) is 3.85. The highest BCUT2D eigenvalue weighted by Crippen LogP contribution is 2.26. The third-order valence-electron chi connectivity index (χ3n) is 3.19. The second-order valence-corrected chi connectivity index (χ2v) is 4.95. The van der Waals surface area contributed by atoms with Crippen molar-refractivity contribution in [1.82, 2.24) is 4.98 Å². The minimum absolute atomic E-state index is 0.257. The predicted molar refractivity (Wildman–Crippen MR) is 70.1 cm³/mol. The Bertz CT molecular complexity index is 549. The fourth-order valence-corrected chi connectivity index (χ4v) is 2.44. The molecule has 3 rings (SSSR count). The molecule has 3 heteroatoms. The van der Waals surface area contributed by atoms with Crippen molar-refractivity contribution < 1.29 is 0 Å². The van der Waals surface area contributed by atoms with E-state index in [9.17, 15) is 0 Å². The van der Waals surface area contributed by atoms with Crippen LogP contribution in [0.3, 0.4) is 0 Å². The van der Waals surface area contributed by atoms with E-state index in [0.717, 1.165) is 29.1 Å². The van der Waals surface area contributed by atoms with Gasteiger partial charge in [0.2, 0.25) is 0 Å². The van der Waals surface area contributed by atoms with Gasteiger partial charge in [0.1, 0.15) is 0 Å². The van der Waals surface area contributed by atoms with E-state index in [2.05, 4.69) is 11.1 Å². The summed E-state index contributed by atoms with van der Waals surface area (Å²) in [6.45, 7) is 0. The van der Waals surface area contributed by atoms with Gasteiger partial charge in [-0.05, 0) is 42.2 Å². The first-order chi connectivity index (χ1) is 8.22. The van der Waals surface area contributed by atoms with Crippen LogP contribution in [0.25, 0.3) is 11.3 Å². The number of halogens is 1. The number of pyridine rings is 1. The standard InChI is InChI=1S/C14H13ClN2/c15-12-3-1-9(2-4-12)14-7-10-5-13(16)6-11(10)8-17-14/h1-4,7-8,13H,5-6,16H2. The number of hydrogen-bond donors (Lipinski definition) is 1. The molecule has 17 heavy (non-hydrogen) atoms. The average Bonchev–Trinajstić information content (AvgIpc) is 2.69. The van der Waals surface area contributed by atoms with Gasteiger partial charge in [-0.15, -0.1) is 0 Å². The lowest BCUT2D eigenvalue weighted by atomic mass is 10.1. The molecule has 0 radical (unpaired) electrons. The van der Waals surface area contributed by atoms with Gasteiger partial charge < -0.3 is 5.73 Å². The molecule has 0 fully saturated rings. The molecule has 0 saturated carbocycles. The molecule has 1 aliphatic rings. The monoisotopic (exact) mass is 244 g/mol. The van der Waals surface area contributed by atoms with Gasteiger partial charge in [0.25, 0.3) is 0 Å². The van der Waals surface area contributed by atoms with E-state index in [1.54, 1.807) is 0 Å². The number of nitrogens with zero attached hydrogens (tertiary/aromatic N) is 1. The van der Waals surface area contributed by atoms with E-state index < -0.39 is 0 Å². The second-order valence-electron chi connectivity index (χ2n) is 4.51. The summed E-state index contributed by atoms with van der Waals surface area (Å²) >= 11 is 5.88. The zero-order chi connectivity index (χ0) is 11.8. The third kappa shape index (κ3) is 2.06. The highest BCUT2D eigenvalue weighted by Gasteiger charge is 2.18. The Morgan fingerprint density at radius 1 is 1.12 bits per heavy atom. The Labute approximate surface area is 105 Å². The van der Waals surface area contributed by atoms with Gasteiger partial charge in [-0.3, -0.25) is 4.98 Å². The Hall–Kier alpha value is -1.38. The summed E-state index contributed by atoms with van der Waals surface area (Å²) in [6, 6.07) is 10.2. The van der Waals surface area contributed by atoms with Crippen LogP contribution in [0.4, 0.5) is 0 Å². The van der Waals surface area contributed by atoms with Gasteiger partial charge in [0, 0.05) is 22.8 Å². The first-order valence-electron chi connectivity index (χ1n) is 5.72. The molecule has 1 unspecified atom stereocenters. The minimum Gasteiger partial charge on any atom is -0.327 e. The number of hydrogen-bond acceptors (Lipinski definition) is 2. The molecule has 2 N–H and O–H groups in total. The third-order valence-corrected chi connectivity index (χ3v) is 3.44. The van der Waals surface area contributed by atoms with Crippen LogP contribution in [0.1, 0.15) is 11.1 Å². The molecule has 0 aliphatic heterocycles. The van der Waals surface area contributed by atoms with Gasteiger partial charge in [-0.1, -0.05) is 23.7 Å². The van der Waals surface area contributed by atoms with Crippen molar-refractivity contribution >= 4 is 11.6 Å². The Balaban J connectivity index is 2.00. The molecule has 2 aromatic rings. The largest absolute Gasteiger partial charge is 0.327 e. The zero-order valence-electron chi connectivity index (χ0n) is 9.36. The van der Waals surface area contributed by atoms with Crippen LogP contribution in [-0.2, 0) is 12.8 Å². The lowest BCUT2D eigenvalue weighted by Gasteiger charge is -2.04. The topological polar surface area (TPSA) is 38.9 Å². The molecule has 0 bridgehead atoms. The predicted octanol–water partition coefficient (Wildman–Crippen LogP) is 2.83. The van der Waals surface area contributed by atoms with Crippen LogP contribution in [0.15, 0.2) is 36.5 Å². The molecule has 86 valence electrons. The summed E-state index contributed by atoms with van der Waals surface area (Å²) in [5.74, 6) is 0. The van der Waals surface area contributed by atoms with E-state index >= 15 is 0 Å². The Morgan fingerprint density at radius 2 is 1.82 bits per heavy atom. The highest BCUT2D eigenvalue weighted by atomic mass is 35.5. The van der Waals surface area contributed by atoms with Crippen LogP contribution >= 0.6 is 11.6 Å². The molecule has 0 spiro atoms. The normalized spacial score (nSPS) is 18.1. The van der Waals surface area contributed by atoms with E-state index in [-0.39, 0.29) is 6.04 Å². The first-order valence-corrected chi connectivity index (χ1v) is 6.09. The van der Waals surface area contributed by atoms with Gasteiger partial charge in [-0.25, -0.2) is 0 Å². The zero-order valence-corrected chi connectivity index (χ0v) is 10.1. The number of fused-ring (bicyclic) bond motifs is 1. The Kier molecular flexibility index (Phi) is 2.61. The number of rotatable bonds is 1. The second kappa shape index (κ2) is 4.13. The van der Waals surface area contributed by atoms with Crippen molar-refractivity contribution in [3.05, 3.63) is 52.7 Å². The maximum atomic E-state index is 5.95. The number of nitrogens with two attached hydrogens (primary N) is 1. The molecule has 1 aliphatic carbocycles. The molecular formula is C14H13ClN2. The fourth-order valence-electron chi connectivity index (χ4n) is 2.31. The molecule has 1 aromatic heterocycles. The van der Waals surface area contributed by atoms with Crippen molar-refractivity contribution in [3.8, 4) is 11.3 Å². The molecule has 1 atom stereocenters. The minimum atomic E-state index is 0.257. The lowest BCUT2D eigenvalue weighted by Crippen LogP contribution is -2.18. The van der Waals surface area contributed by atoms with E-state index in [1.807, 2.05) is 30.5 Å². The molecule has 1 heterocycles. The maximum absolute atomic E-state index is 5.95. The van der Waals surface area contributed by atoms with Crippen LogP contribution < -0.4 is 5.73 Å². The lowest BCUT2D eigenvalue weighted by molar-refractivity contribution is 0.721. The van der Waals surface area contributed by atoms with Crippen LogP contribution in [0.2, 0.25) is 5.02 Å². The van der Waals surface area contributed by atoms with E-state index in [1.165, 1.54) is 11.1 Å². The van der Waals surface area contributed by atoms with E-state index in [4.69, 9.17) is 17.3 Å². The van der Waals surface area contributed by atoms with Crippen LogP contribution in [-0.4, -0.2) is 11.0 Å².